The van der Waals surface area contributed by atoms with E-state index in [2.05, 4.69) is 21.2 Å². The Kier molecular flexibility index (Phi) is 5.13. The number of carbonyl (C=O) groups is 3. The Morgan fingerprint density at radius 3 is 2.72 bits per heavy atom. The molecular weight excluding hydrogens is 388 g/mol. The highest BCUT2D eigenvalue weighted by Crippen LogP contribution is 2.38. The molecule has 6 nitrogen and oxygen atoms in total. The van der Waals surface area contributed by atoms with Gasteiger partial charge in [-0.25, -0.2) is 4.79 Å². The standard InChI is InChI=1S/C18H21BrN2O4/c1-12-4-2-3-9-18(12)16(23)21(17(24)20-18)10-15(22)25-11-13-5-7-14(19)8-6-13/h5-8,12H,2-4,9-11H2,1H3,(H,20,24)/t12-,18+/m1/s1. The SMILES string of the molecule is C[C@@H]1CCCC[C@]12NC(=O)N(CC(=O)OCc1ccc(Br)cc1)C2=O. The van der Waals surface area contributed by atoms with Crippen LogP contribution in [-0.4, -0.2) is 34.9 Å². The van der Waals surface area contributed by atoms with Crippen LogP contribution < -0.4 is 5.32 Å². The monoisotopic (exact) mass is 408 g/mol. The van der Waals surface area contributed by atoms with Crippen LogP contribution in [0.25, 0.3) is 0 Å². The number of esters is 1. The Labute approximate surface area is 155 Å². The summed E-state index contributed by atoms with van der Waals surface area (Å²) in [5.41, 5.74) is -0.00691. The second-order valence-corrected chi connectivity index (χ2v) is 7.64. The summed E-state index contributed by atoms with van der Waals surface area (Å²) < 4.78 is 6.14. The number of benzene rings is 1. The van der Waals surface area contributed by atoms with E-state index in [9.17, 15) is 14.4 Å². The molecule has 1 saturated heterocycles. The van der Waals surface area contributed by atoms with Gasteiger partial charge in [0.15, 0.2) is 0 Å². The maximum Gasteiger partial charge on any atom is 0.326 e. The van der Waals surface area contributed by atoms with Crippen LogP contribution in [0.5, 0.6) is 0 Å². The van der Waals surface area contributed by atoms with E-state index >= 15 is 0 Å². The van der Waals surface area contributed by atoms with E-state index in [1.165, 1.54) is 0 Å². The fraction of sp³-hybridized carbons (Fsp3) is 0.500. The first-order valence-corrected chi connectivity index (χ1v) is 9.26. The summed E-state index contributed by atoms with van der Waals surface area (Å²) in [5, 5.41) is 2.83. The summed E-state index contributed by atoms with van der Waals surface area (Å²) in [6.07, 6.45) is 3.48. The van der Waals surface area contributed by atoms with Crippen molar-refractivity contribution in [2.75, 3.05) is 6.54 Å². The summed E-state index contributed by atoms with van der Waals surface area (Å²) in [7, 11) is 0. The Hall–Kier alpha value is -1.89. The van der Waals surface area contributed by atoms with E-state index in [1.54, 1.807) is 0 Å². The number of urea groups is 1. The van der Waals surface area contributed by atoms with E-state index < -0.39 is 17.5 Å². The molecule has 2 fully saturated rings. The van der Waals surface area contributed by atoms with Gasteiger partial charge in [0, 0.05) is 4.47 Å². The molecule has 134 valence electrons. The van der Waals surface area contributed by atoms with Crippen LogP contribution in [0.3, 0.4) is 0 Å². The Balaban J connectivity index is 1.60. The van der Waals surface area contributed by atoms with Gasteiger partial charge in [0.2, 0.25) is 0 Å². The zero-order valence-electron chi connectivity index (χ0n) is 14.1. The Bertz CT molecular complexity index is 691. The highest BCUT2D eigenvalue weighted by Gasteiger charge is 2.55. The van der Waals surface area contributed by atoms with Crippen molar-refractivity contribution in [1.82, 2.24) is 10.2 Å². The van der Waals surface area contributed by atoms with Crippen molar-refractivity contribution in [3.8, 4) is 0 Å². The zero-order valence-corrected chi connectivity index (χ0v) is 15.7. The smallest absolute Gasteiger partial charge is 0.326 e. The third-order valence-electron chi connectivity index (χ3n) is 5.10. The van der Waals surface area contributed by atoms with Crippen molar-refractivity contribution in [2.45, 2.75) is 44.8 Å². The van der Waals surface area contributed by atoms with Gasteiger partial charge in [-0.15, -0.1) is 0 Å². The van der Waals surface area contributed by atoms with E-state index in [4.69, 9.17) is 4.74 Å². The van der Waals surface area contributed by atoms with E-state index in [1.807, 2.05) is 31.2 Å². The summed E-state index contributed by atoms with van der Waals surface area (Å²) in [4.78, 5) is 38.1. The minimum Gasteiger partial charge on any atom is -0.459 e. The molecule has 1 aromatic carbocycles. The maximum absolute atomic E-state index is 12.8. The van der Waals surface area contributed by atoms with Gasteiger partial charge >= 0.3 is 12.0 Å². The first kappa shape index (κ1) is 17.9. The lowest BCUT2D eigenvalue weighted by Crippen LogP contribution is -2.54. The van der Waals surface area contributed by atoms with Crippen LogP contribution in [0.4, 0.5) is 4.79 Å². The summed E-state index contributed by atoms with van der Waals surface area (Å²) >= 11 is 3.34. The second kappa shape index (κ2) is 7.15. The number of halogens is 1. The molecule has 7 heteroatoms. The van der Waals surface area contributed by atoms with E-state index in [0.29, 0.717) is 6.42 Å². The maximum atomic E-state index is 12.8. The number of carbonyl (C=O) groups excluding carboxylic acids is 3. The number of ether oxygens (including phenoxy) is 1. The van der Waals surface area contributed by atoms with Crippen LogP contribution in [0, 0.1) is 5.92 Å². The molecule has 2 aliphatic rings. The second-order valence-electron chi connectivity index (χ2n) is 6.73. The number of amides is 3. The molecule has 1 aliphatic carbocycles. The average molecular weight is 409 g/mol. The number of nitrogens with zero attached hydrogens (tertiary/aromatic N) is 1. The van der Waals surface area contributed by atoms with Gasteiger partial charge in [-0.3, -0.25) is 14.5 Å². The van der Waals surface area contributed by atoms with E-state index in [-0.39, 0.29) is 25.0 Å². The van der Waals surface area contributed by atoms with Crippen molar-refractivity contribution in [3.05, 3.63) is 34.3 Å². The van der Waals surface area contributed by atoms with Crippen molar-refractivity contribution in [2.24, 2.45) is 5.92 Å². The molecule has 0 aromatic heterocycles. The van der Waals surface area contributed by atoms with E-state index in [0.717, 1.165) is 34.2 Å². The first-order valence-electron chi connectivity index (χ1n) is 8.46. The van der Waals surface area contributed by atoms with Gasteiger partial charge in [0.25, 0.3) is 5.91 Å². The fourth-order valence-corrected chi connectivity index (χ4v) is 3.82. The molecule has 1 heterocycles. The number of imide groups is 1. The lowest BCUT2D eigenvalue weighted by atomic mass is 9.73. The fourth-order valence-electron chi connectivity index (χ4n) is 3.56. The number of hydrogen-bond donors (Lipinski definition) is 1. The molecule has 1 saturated carbocycles. The third-order valence-corrected chi connectivity index (χ3v) is 5.63. The Morgan fingerprint density at radius 2 is 2.04 bits per heavy atom. The van der Waals surface area contributed by atoms with Crippen LogP contribution in [0.2, 0.25) is 0 Å². The third kappa shape index (κ3) is 3.56. The average Bonchev–Trinajstić information content (AvgIpc) is 2.82. The minimum absolute atomic E-state index is 0.0708. The van der Waals surface area contributed by atoms with Crippen molar-refractivity contribution < 1.29 is 19.1 Å². The first-order chi connectivity index (χ1) is 11.9. The molecule has 1 spiro atoms. The van der Waals surface area contributed by atoms with Gasteiger partial charge in [0.1, 0.15) is 18.7 Å². The molecule has 3 amide bonds. The highest BCUT2D eigenvalue weighted by atomic mass is 79.9. The molecule has 1 aromatic rings. The molecule has 1 aliphatic heterocycles. The number of hydrogen-bond acceptors (Lipinski definition) is 4. The van der Waals surface area contributed by atoms with Gasteiger partial charge in [-0.1, -0.05) is 47.8 Å². The summed E-state index contributed by atoms with van der Waals surface area (Å²) in [5.74, 6) is -0.821. The predicted molar refractivity (Wildman–Crippen MR) is 94.5 cm³/mol. The molecule has 0 unspecified atom stereocenters. The van der Waals surface area contributed by atoms with Crippen LogP contribution in [0.15, 0.2) is 28.7 Å². The van der Waals surface area contributed by atoms with Crippen molar-refractivity contribution in [1.29, 1.82) is 0 Å². The lowest BCUT2D eigenvalue weighted by Gasteiger charge is -2.36. The van der Waals surface area contributed by atoms with Gasteiger partial charge < -0.3 is 10.1 Å². The molecule has 25 heavy (non-hydrogen) atoms. The number of rotatable bonds is 4. The normalized spacial score (nSPS) is 26.0. The van der Waals surface area contributed by atoms with Gasteiger partial charge in [0.05, 0.1) is 0 Å². The lowest BCUT2D eigenvalue weighted by molar-refractivity contribution is -0.149. The highest BCUT2D eigenvalue weighted by molar-refractivity contribution is 9.10. The number of nitrogens with one attached hydrogen (secondary N) is 1. The largest absolute Gasteiger partial charge is 0.459 e. The molecule has 1 N–H and O–H groups in total. The van der Waals surface area contributed by atoms with Crippen molar-refractivity contribution in [3.63, 3.8) is 0 Å². The minimum atomic E-state index is -0.846. The topological polar surface area (TPSA) is 75.7 Å². The summed E-state index contributed by atoms with van der Waals surface area (Å²) in [6, 6.07) is 6.89. The summed E-state index contributed by atoms with van der Waals surface area (Å²) in [6.45, 7) is 1.74. The molecular formula is C18H21BrN2O4. The van der Waals surface area contributed by atoms with Crippen LogP contribution >= 0.6 is 15.9 Å². The molecule has 0 radical (unpaired) electrons. The molecule has 0 bridgehead atoms. The zero-order chi connectivity index (χ0) is 18.0. The molecule has 3 rings (SSSR count). The quantitative estimate of drug-likeness (QED) is 0.613. The van der Waals surface area contributed by atoms with Crippen molar-refractivity contribution >= 4 is 33.8 Å². The van der Waals surface area contributed by atoms with Crippen LogP contribution in [0.1, 0.15) is 38.2 Å². The molecule has 2 atom stereocenters. The predicted octanol–water partition coefficient (Wildman–Crippen LogP) is 2.99. The van der Waals surface area contributed by atoms with Gasteiger partial charge in [-0.05, 0) is 36.5 Å². The van der Waals surface area contributed by atoms with Gasteiger partial charge in [-0.2, -0.15) is 0 Å². The van der Waals surface area contributed by atoms with Crippen LogP contribution in [-0.2, 0) is 20.9 Å². The Morgan fingerprint density at radius 1 is 1.32 bits per heavy atom.